The van der Waals surface area contributed by atoms with Crippen LogP contribution in [-0.2, 0) is 5.41 Å². The molecule has 31 heavy (non-hydrogen) atoms. The van der Waals surface area contributed by atoms with Crippen LogP contribution >= 0.6 is 0 Å². The van der Waals surface area contributed by atoms with Crippen molar-refractivity contribution in [1.29, 1.82) is 0 Å². The van der Waals surface area contributed by atoms with E-state index in [-0.39, 0.29) is 17.7 Å². The number of hydrogen-bond acceptors (Lipinski definition) is 6. The molecular formula is C23H23N5O3. The molecule has 8 nitrogen and oxygen atoms in total. The summed E-state index contributed by atoms with van der Waals surface area (Å²) in [7, 11) is 0. The van der Waals surface area contributed by atoms with Crippen molar-refractivity contribution >= 4 is 11.8 Å². The van der Waals surface area contributed by atoms with Gasteiger partial charge < -0.3 is 14.3 Å². The van der Waals surface area contributed by atoms with Crippen LogP contribution in [-0.4, -0.2) is 62.9 Å². The summed E-state index contributed by atoms with van der Waals surface area (Å²) in [6, 6.07) is 12.9. The average Bonchev–Trinajstić information content (AvgIpc) is 3.46. The number of rotatable bonds is 3. The van der Waals surface area contributed by atoms with Crippen LogP contribution in [0.3, 0.4) is 0 Å². The van der Waals surface area contributed by atoms with Gasteiger partial charge in [0.15, 0.2) is 5.82 Å². The van der Waals surface area contributed by atoms with Gasteiger partial charge >= 0.3 is 0 Å². The summed E-state index contributed by atoms with van der Waals surface area (Å²) < 4.78 is 5.59. The first-order chi connectivity index (χ1) is 15.0. The van der Waals surface area contributed by atoms with Crippen molar-refractivity contribution in [2.75, 3.05) is 26.2 Å². The topological polar surface area (TPSA) is 92.4 Å². The molecule has 158 valence electrons. The SMILES string of the molecule is Cc1ccc(C(=O)N2C[C@H]3CN(C(=O)c4ccccc4)C[C@@]3(c3nc(C)no3)C2)cn1. The van der Waals surface area contributed by atoms with E-state index in [0.717, 1.165) is 5.69 Å². The summed E-state index contributed by atoms with van der Waals surface area (Å²) in [6.07, 6.45) is 1.61. The minimum Gasteiger partial charge on any atom is -0.339 e. The highest BCUT2D eigenvalue weighted by atomic mass is 16.5. The van der Waals surface area contributed by atoms with Crippen LogP contribution < -0.4 is 0 Å². The van der Waals surface area contributed by atoms with E-state index in [1.807, 2.05) is 53.1 Å². The third-order valence-electron chi connectivity index (χ3n) is 6.32. The van der Waals surface area contributed by atoms with E-state index in [4.69, 9.17) is 4.52 Å². The van der Waals surface area contributed by atoms with Gasteiger partial charge in [0.25, 0.3) is 11.8 Å². The van der Waals surface area contributed by atoms with Crippen LogP contribution in [0.5, 0.6) is 0 Å². The molecule has 0 N–H and O–H groups in total. The van der Waals surface area contributed by atoms with Crippen LogP contribution in [0.4, 0.5) is 0 Å². The largest absolute Gasteiger partial charge is 0.339 e. The minimum absolute atomic E-state index is 0.0161. The lowest BCUT2D eigenvalue weighted by Crippen LogP contribution is -2.41. The Balaban J connectivity index is 1.44. The summed E-state index contributed by atoms with van der Waals surface area (Å²) >= 11 is 0. The standard InChI is InChI=1S/C23H23N5O3/c1-15-8-9-18(10-24-15)21(30)28-12-19-11-27(20(29)17-6-4-3-5-7-17)13-23(19,14-28)22-25-16(2)26-31-22/h3-10,19H,11-14H2,1-2H3/t19-,23-/m1/s1. The highest BCUT2D eigenvalue weighted by Gasteiger charge is 2.58. The Morgan fingerprint density at radius 3 is 2.23 bits per heavy atom. The fourth-order valence-electron chi connectivity index (χ4n) is 4.72. The molecule has 0 unspecified atom stereocenters. The first-order valence-electron chi connectivity index (χ1n) is 10.3. The van der Waals surface area contributed by atoms with Gasteiger partial charge in [-0.1, -0.05) is 23.4 Å². The van der Waals surface area contributed by atoms with E-state index in [1.165, 1.54) is 0 Å². The predicted octanol–water partition coefficient (Wildman–Crippen LogP) is 2.25. The van der Waals surface area contributed by atoms with E-state index in [1.54, 1.807) is 19.2 Å². The maximum absolute atomic E-state index is 13.1. The molecule has 2 fully saturated rings. The summed E-state index contributed by atoms with van der Waals surface area (Å²) in [5, 5.41) is 3.98. The fourth-order valence-corrected chi connectivity index (χ4v) is 4.72. The Labute approximate surface area is 179 Å². The molecule has 0 spiro atoms. The van der Waals surface area contributed by atoms with E-state index in [2.05, 4.69) is 15.1 Å². The molecule has 2 amide bonds. The van der Waals surface area contributed by atoms with E-state index >= 15 is 0 Å². The molecule has 0 radical (unpaired) electrons. The fraction of sp³-hybridized carbons (Fsp3) is 0.348. The molecule has 0 bridgehead atoms. The second-order valence-electron chi connectivity index (χ2n) is 8.43. The maximum Gasteiger partial charge on any atom is 0.255 e. The third kappa shape index (κ3) is 3.28. The Morgan fingerprint density at radius 1 is 0.968 bits per heavy atom. The van der Waals surface area contributed by atoms with E-state index in [9.17, 15) is 9.59 Å². The molecule has 8 heteroatoms. The van der Waals surface area contributed by atoms with Gasteiger partial charge in [0.05, 0.1) is 11.0 Å². The number of hydrogen-bond donors (Lipinski definition) is 0. The molecule has 5 rings (SSSR count). The van der Waals surface area contributed by atoms with Crippen molar-refractivity contribution in [3.05, 3.63) is 77.2 Å². The van der Waals surface area contributed by atoms with Gasteiger partial charge in [0.1, 0.15) is 0 Å². The van der Waals surface area contributed by atoms with Gasteiger partial charge in [-0.2, -0.15) is 4.98 Å². The van der Waals surface area contributed by atoms with Crippen molar-refractivity contribution < 1.29 is 14.1 Å². The Bertz CT molecular complexity index is 1130. The zero-order chi connectivity index (χ0) is 21.6. The number of pyridine rings is 1. The van der Waals surface area contributed by atoms with E-state index in [0.29, 0.717) is 49.0 Å². The molecule has 2 saturated heterocycles. The molecule has 0 saturated carbocycles. The zero-order valence-corrected chi connectivity index (χ0v) is 17.5. The maximum atomic E-state index is 13.1. The van der Waals surface area contributed by atoms with Crippen molar-refractivity contribution in [1.82, 2.24) is 24.9 Å². The molecule has 2 atom stereocenters. The van der Waals surface area contributed by atoms with Crippen molar-refractivity contribution in [3.63, 3.8) is 0 Å². The molecule has 4 heterocycles. The first kappa shape index (κ1) is 19.4. The lowest BCUT2D eigenvalue weighted by molar-refractivity contribution is 0.0727. The minimum atomic E-state index is -0.570. The molecule has 1 aromatic carbocycles. The number of carbonyl (C=O) groups excluding carboxylic acids is 2. The van der Waals surface area contributed by atoms with Crippen molar-refractivity contribution in [2.24, 2.45) is 5.92 Å². The summed E-state index contributed by atoms with van der Waals surface area (Å²) in [5.74, 6) is 0.964. The number of aromatic nitrogens is 3. The second-order valence-corrected chi connectivity index (χ2v) is 8.43. The number of fused-ring (bicyclic) bond motifs is 1. The molecule has 2 aliphatic rings. The van der Waals surface area contributed by atoms with Crippen LogP contribution in [0.1, 0.15) is 38.1 Å². The van der Waals surface area contributed by atoms with Crippen LogP contribution in [0.25, 0.3) is 0 Å². The molecule has 3 aromatic rings. The number of likely N-dealkylation sites (tertiary alicyclic amines) is 2. The lowest BCUT2D eigenvalue weighted by Gasteiger charge is -2.26. The normalized spacial score (nSPS) is 22.6. The molecule has 2 aromatic heterocycles. The lowest BCUT2D eigenvalue weighted by atomic mass is 9.81. The van der Waals surface area contributed by atoms with Crippen LogP contribution in [0.15, 0.2) is 53.2 Å². The number of aryl methyl sites for hydroxylation is 2. The second kappa shape index (κ2) is 7.30. The number of benzene rings is 1. The van der Waals surface area contributed by atoms with Gasteiger partial charge in [-0.05, 0) is 38.1 Å². The molecule has 2 aliphatic heterocycles. The Morgan fingerprint density at radius 2 is 1.65 bits per heavy atom. The zero-order valence-electron chi connectivity index (χ0n) is 17.5. The van der Waals surface area contributed by atoms with Crippen LogP contribution in [0, 0.1) is 19.8 Å². The summed E-state index contributed by atoms with van der Waals surface area (Å²) in [6.45, 7) is 5.57. The van der Waals surface area contributed by atoms with E-state index < -0.39 is 5.41 Å². The van der Waals surface area contributed by atoms with Crippen molar-refractivity contribution in [3.8, 4) is 0 Å². The quantitative estimate of drug-likeness (QED) is 0.649. The van der Waals surface area contributed by atoms with Gasteiger partial charge in [-0.15, -0.1) is 0 Å². The number of nitrogens with zero attached hydrogens (tertiary/aromatic N) is 5. The highest BCUT2D eigenvalue weighted by Crippen LogP contribution is 2.45. The van der Waals surface area contributed by atoms with Gasteiger partial charge in [-0.3, -0.25) is 14.6 Å². The molecular weight excluding hydrogens is 394 g/mol. The highest BCUT2D eigenvalue weighted by molar-refractivity contribution is 5.95. The summed E-state index contributed by atoms with van der Waals surface area (Å²) in [5.41, 5.74) is 1.50. The third-order valence-corrected chi connectivity index (χ3v) is 6.32. The van der Waals surface area contributed by atoms with Gasteiger partial charge in [0.2, 0.25) is 5.89 Å². The van der Waals surface area contributed by atoms with Gasteiger partial charge in [-0.25, -0.2) is 0 Å². The molecule has 0 aliphatic carbocycles. The first-order valence-corrected chi connectivity index (χ1v) is 10.3. The monoisotopic (exact) mass is 417 g/mol. The average molecular weight is 417 g/mol. The predicted molar refractivity (Wildman–Crippen MR) is 111 cm³/mol. The summed E-state index contributed by atoms with van der Waals surface area (Å²) in [4.78, 5) is 38.7. The number of carbonyl (C=O) groups is 2. The Hall–Kier alpha value is -3.55. The Kier molecular flexibility index (Phi) is 4.57. The van der Waals surface area contributed by atoms with Gasteiger partial charge in [0, 0.05) is 49.6 Å². The number of amides is 2. The smallest absolute Gasteiger partial charge is 0.255 e. The van der Waals surface area contributed by atoms with Crippen molar-refractivity contribution in [2.45, 2.75) is 19.3 Å². The van der Waals surface area contributed by atoms with Crippen LogP contribution in [0.2, 0.25) is 0 Å².